The van der Waals surface area contributed by atoms with Crippen molar-refractivity contribution >= 4 is 18.3 Å². The predicted molar refractivity (Wildman–Crippen MR) is 82.6 cm³/mol. The Morgan fingerprint density at radius 1 is 1.36 bits per heavy atom. The maximum atomic E-state index is 12.4. The number of rotatable bonds is 5. The first-order chi connectivity index (χ1) is 10.1. The maximum Gasteiger partial charge on any atom is 0.387 e. The second kappa shape index (κ2) is 8.90. The van der Waals surface area contributed by atoms with E-state index in [1.807, 2.05) is 4.90 Å². The molecular formula is C15H21ClF2N2O2. The van der Waals surface area contributed by atoms with E-state index in [0.717, 1.165) is 25.8 Å². The monoisotopic (exact) mass is 334 g/mol. The van der Waals surface area contributed by atoms with Gasteiger partial charge in [0.1, 0.15) is 5.75 Å². The van der Waals surface area contributed by atoms with E-state index >= 15 is 0 Å². The molecule has 0 aliphatic carbocycles. The number of halogens is 3. The molecule has 1 aliphatic rings. The van der Waals surface area contributed by atoms with E-state index in [9.17, 15) is 13.6 Å². The van der Waals surface area contributed by atoms with Gasteiger partial charge >= 0.3 is 6.61 Å². The zero-order valence-electron chi connectivity index (χ0n) is 12.2. The number of ether oxygens (including phenoxy) is 1. The molecule has 1 amide bonds. The summed E-state index contributed by atoms with van der Waals surface area (Å²) in [4.78, 5) is 14.2. The lowest BCUT2D eigenvalue weighted by atomic mass is 9.94. The lowest BCUT2D eigenvalue weighted by molar-refractivity contribution is -0.0498. The van der Waals surface area contributed by atoms with Crippen molar-refractivity contribution in [3.8, 4) is 5.75 Å². The minimum atomic E-state index is -2.86. The number of piperidine rings is 1. The number of likely N-dealkylation sites (tertiary alicyclic amines) is 1. The number of nitrogens with zero attached hydrogens (tertiary/aromatic N) is 1. The van der Waals surface area contributed by atoms with E-state index in [0.29, 0.717) is 24.6 Å². The molecule has 0 spiro atoms. The van der Waals surface area contributed by atoms with Gasteiger partial charge in [-0.15, -0.1) is 12.4 Å². The Bertz CT molecular complexity index is 469. The lowest BCUT2D eigenvalue weighted by Gasteiger charge is -2.32. The van der Waals surface area contributed by atoms with Crippen molar-refractivity contribution in [2.24, 2.45) is 11.7 Å². The average molecular weight is 335 g/mol. The fourth-order valence-electron chi connectivity index (χ4n) is 2.68. The number of nitrogens with two attached hydrogens (primary N) is 1. The zero-order chi connectivity index (χ0) is 15.2. The van der Waals surface area contributed by atoms with E-state index < -0.39 is 6.61 Å². The summed E-state index contributed by atoms with van der Waals surface area (Å²) in [6.45, 7) is -0.780. The predicted octanol–water partition coefficient (Wildman–Crippen LogP) is 2.91. The number of benzene rings is 1. The number of alkyl halides is 2. The first-order valence-electron chi connectivity index (χ1n) is 7.14. The Morgan fingerprint density at radius 2 is 2.05 bits per heavy atom. The van der Waals surface area contributed by atoms with E-state index in [1.165, 1.54) is 24.3 Å². The summed E-state index contributed by atoms with van der Waals surface area (Å²) < 4.78 is 28.4. The van der Waals surface area contributed by atoms with Crippen LogP contribution in [0.25, 0.3) is 0 Å². The van der Waals surface area contributed by atoms with Gasteiger partial charge in [-0.25, -0.2) is 0 Å². The molecule has 1 fully saturated rings. The third-order valence-corrected chi connectivity index (χ3v) is 3.71. The van der Waals surface area contributed by atoms with Crippen LogP contribution >= 0.6 is 12.4 Å². The van der Waals surface area contributed by atoms with Gasteiger partial charge in [-0.3, -0.25) is 4.79 Å². The smallest absolute Gasteiger partial charge is 0.387 e. The van der Waals surface area contributed by atoms with Gasteiger partial charge in [-0.05, 0) is 56.0 Å². The summed E-state index contributed by atoms with van der Waals surface area (Å²) in [6, 6.07) is 5.82. The molecule has 0 aromatic heterocycles. The molecule has 1 aromatic carbocycles. The number of hydrogen-bond donors (Lipinski definition) is 1. The molecule has 22 heavy (non-hydrogen) atoms. The van der Waals surface area contributed by atoms with Crippen LogP contribution in [-0.4, -0.2) is 37.1 Å². The van der Waals surface area contributed by atoms with Gasteiger partial charge in [0.05, 0.1) is 0 Å². The van der Waals surface area contributed by atoms with E-state index in [-0.39, 0.29) is 24.1 Å². The highest BCUT2D eigenvalue weighted by atomic mass is 35.5. The third kappa shape index (κ3) is 5.10. The Kier molecular flexibility index (Phi) is 7.55. The van der Waals surface area contributed by atoms with Crippen molar-refractivity contribution in [1.29, 1.82) is 0 Å². The largest absolute Gasteiger partial charge is 0.435 e. The molecule has 2 rings (SSSR count). The second-order valence-electron chi connectivity index (χ2n) is 5.24. The van der Waals surface area contributed by atoms with Crippen molar-refractivity contribution < 1.29 is 18.3 Å². The highest BCUT2D eigenvalue weighted by Gasteiger charge is 2.24. The molecule has 1 aromatic rings. The van der Waals surface area contributed by atoms with E-state index in [1.54, 1.807) is 0 Å². The standard InChI is InChI=1S/C15H20F2N2O2.ClH/c16-15(17)21-13-5-3-12(4-6-13)14(20)19-9-1-2-11(10-19)7-8-18;/h3-6,11,15H,1-2,7-10,18H2;1H. The molecule has 1 atom stereocenters. The zero-order valence-corrected chi connectivity index (χ0v) is 13.0. The van der Waals surface area contributed by atoms with Crippen LogP contribution in [0.1, 0.15) is 29.6 Å². The van der Waals surface area contributed by atoms with Crippen LogP contribution in [0, 0.1) is 5.92 Å². The maximum absolute atomic E-state index is 12.4. The summed E-state index contributed by atoms with van der Waals surface area (Å²) in [7, 11) is 0. The van der Waals surface area contributed by atoms with Crippen LogP contribution in [-0.2, 0) is 0 Å². The molecule has 124 valence electrons. The summed E-state index contributed by atoms with van der Waals surface area (Å²) in [5.74, 6) is 0.440. The van der Waals surface area contributed by atoms with Crippen LogP contribution in [0.15, 0.2) is 24.3 Å². The normalized spacial score (nSPS) is 18.0. The van der Waals surface area contributed by atoms with Crippen LogP contribution < -0.4 is 10.5 Å². The minimum absolute atomic E-state index is 0. The molecule has 1 saturated heterocycles. The van der Waals surface area contributed by atoms with E-state index in [2.05, 4.69) is 4.74 Å². The molecule has 1 unspecified atom stereocenters. The quantitative estimate of drug-likeness (QED) is 0.900. The molecule has 0 saturated carbocycles. The Labute approximate surface area is 135 Å². The highest BCUT2D eigenvalue weighted by molar-refractivity contribution is 5.94. The minimum Gasteiger partial charge on any atom is -0.435 e. The summed E-state index contributed by atoms with van der Waals surface area (Å²) in [5.41, 5.74) is 6.06. The van der Waals surface area contributed by atoms with E-state index in [4.69, 9.17) is 5.73 Å². The van der Waals surface area contributed by atoms with Crippen LogP contribution in [0.5, 0.6) is 5.75 Å². The van der Waals surface area contributed by atoms with Crippen molar-refractivity contribution in [1.82, 2.24) is 4.90 Å². The number of amides is 1. The van der Waals surface area contributed by atoms with Gasteiger partial charge in [-0.2, -0.15) is 8.78 Å². The van der Waals surface area contributed by atoms with Crippen LogP contribution in [0.2, 0.25) is 0 Å². The van der Waals surface area contributed by atoms with Gasteiger partial charge in [0.15, 0.2) is 0 Å². The average Bonchev–Trinajstić information content (AvgIpc) is 2.47. The third-order valence-electron chi connectivity index (χ3n) is 3.71. The van der Waals surface area contributed by atoms with Gasteiger partial charge < -0.3 is 15.4 Å². The van der Waals surface area contributed by atoms with Crippen molar-refractivity contribution in [3.63, 3.8) is 0 Å². The topological polar surface area (TPSA) is 55.6 Å². The number of carbonyl (C=O) groups is 1. The first kappa shape index (κ1) is 18.6. The molecular weight excluding hydrogens is 314 g/mol. The molecule has 2 N–H and O–H groups in total. The van der Waals surface area contributed by atoms with Gasteiger partial charge in [-0.1, -0.05) is 0 Å². The Hall–Kier alpha value is -1.40. The Morgan fingerprint density at radius 3 is 2.64 bits per heavy atom. The second-order valence-corrected chi connectivity index (χ2v) is 5.24. The molecule has 4 nitrogen and oxygen atoms in total. The molecule has 0 radical (unpaired) electrons. The fraction of sp³-hybridized carbons (Fsp3) is 0.533. The van der Waals surface area contributed by atoms with Crippen molar-refractivity contribution in [2.75, 3.05) is 19.6 Å². The van der Waals surface area contributed by atoms with Crippen molar-refractivity contribution in [3.05, 3.63) is 29.8 Å². The SMILES string of the molecule is Cl.NCCC1CCCN(C(=O)c2ccc(OC(F)F)cc2)C1. The molecule has 0 bridgehead atoms. The molecule has 1 aliphatic heterocycles. The van der Waals surface area contributed by atoms with Gasteiger partial charge in [0.25, 0.3) is 5.91 Å². The van der Waals surface area contributed by atoms with Crippen molar-refractivity contribution in [2.45, 2.75) is 25.9 Å². The fourth-order valence-corrected chi connectivity index (χ4v) is 2.68. The summed E-state index contributed by atoms with van der Waals surface area (Å²) >= 11 is 0. The van der Waals surface area contributed by atoms with Gasteiger partial charge in [0, 0.05) is 18.7 Å². The Balaban J connectivity index is 0.00000242. The molecule has 7 heteroatoms. The summed E-state index contributed by atoms with van der Waals surface area (Å²) in [5, 5.41) is 0. The highest BCUT2D eigenvalue weighted by Crippen LogP contribution is 2.22. The number of hydrogen-bond acceptors (Lipinski definition) is 3. The summed E-state index contributed by atoms with van der Waals surface area (Å²) in [6.07, 6.45) is 3.00. The molecule has 1 heterocycles. The van der Waals surface area contributed by atoms with Gasteiger partial charge in [0.2, 0.25) is 0 Å². The van der Waals surface area contributed by atoms with Crippen LogP contribution in [0.3, 0.4) is 0 Å². The number of carbonyl (C=O) groups excluding carboxylic acids is 1. The lowest BCUT2D eigenvalue weighted by Crippen LogP contribution is -2.40. The van der Waals surface area contributed by atoms with Crippen LogP contribution in [0.4, 0.5) is 8.78 Å². The first-order valence-corrected chi connectivity index (χ1v) is 7.14.